The van der Waals surface area contributed by atoms with E-state index in [0.717, 1.165) is 68.2 Å². The first-order chi connectivity index (χ1) is 36.1. The van der Waals surface area contributed by atoms with E-state index < -0.39 is 28.8 Å². The molecule has 8 rings (SSSR count). The average Bonchev–Trinajstić information content (AvgIpc) is 4.13. The number of thioether (sulfide) groups is 3. The van der Waals surface area contributed by atoms with Gasteiger partial charge in [-0.05, 0) is 115 Å². The molecule has 0 bridgehead atoms. The Kier molecular flexibility index (Phi) is 17.6. The van der Waals surface area contributed by atoms with Gasteiger partial charge in [-0.1, -0.05) is 79.3 Å². The van der Waals surface area contributed by atoms with Gasteiger partial charge < -0.3 is 29.2 Å². The molecule has 21 heteroatoms. The van der Waals surface area contributed by atoms with E-state index in [9.17, 15) is 29.1 Å². The molecule has 0 saturated carbocycles. The molecule has 388 valence electrons. The second-order valence-corrected chi connectivity index (χ2v) is 21.7. The van der Waals surface area contributed by atoms with Crippen molar-refractivity contribution in [1.29, 1.82) is 0 Å². The summed E-state index contributed by atoms with van der Waals surface area (Å²) in [7, 11) is 1.54. The molecule has 7 aromatic rings. The van der Waals surface area contributed by atoms with Gasteiger partial charge in [0.25, 0.3) is 11.1 Å². The van der Waals surface area contributed by atoms with Gasteiger partial charge in [-0.2, -0.15) is 11.8 Å². The number of ether oxygens (including phenoxy) is 3. The number of imide groups is 1. The maximum absolute atomic E-state index is 13.3. The zero-order chi connectivity index (χ0) is 53.1. The van der Waals surface area contributed by atoms with Crippen LogP contribution in [-0.2, 0) is 39.5 Å². The van der Waals surface area contributed by atoms with E-state index >= 15 is 0 Å². The van der Waals surface area contributed by atoms with Gasteiger partial charge >= 0.3 is 12.1 Å². The molecule has 3 heterocycles. The molecule has 4 N–H and O–H groups in total. The van der Waals surface area contributed by atoms with E-state index in [1.807, 2.05) is 77.4 Å². The zero-order valence-corrected chi connectivity index (χ0v) is 44.3. The fourth-order valence-corrected chi connectivity index (χ4v) is 10.7. The van der Waals surface area contributed by atoms with Gasteiger partial charge in [-0.25, -0.2) is 19.7 Å². The van der Waals surface area contributed by atoms with E-state index in [-0.39, 0.29) is 23.4 Å². The summed E-state index contributed by atoms with van der Waals surface area (Å²) in [4.78, 5) is 69.9. The third-order valence-electron chi connectivity index (χ3n) is 11.5. The molecule has 1 aliphatic rings. The first-order valence-corrected chi connectivity index (χ1v) is 27.0. The maximum Gasteiger partial charge on any atom is 0.414 e. The standard InChI is InChI=1S/C54H55N9O9S3/c1-6-9-46-55-43(48(51(66)67)63(46)30-34-12-16-35(17-13-34)40-10-7-8-11-41(40)49-58-60-61-59-49)32-73-26-27-74-39-23-20-37(21-24-39)71-38-22-25-42(44(29-38)62(5)53(69)72-54(2,3)4)56-47(64)31-70-36-18-14-33(15-19-36)28-45-50(65)57-52(68)75-45/h7-8,10-25,29,45H,6,9,26-28,30-32H2,1-5H3,(H,56,64)(H,66,67)(H,57,65,68)(H,58,59,60,61). The third kappa shape index (κ3) is 14.4. The number of carbonyl (C=O) groups excluding carboxylic acids is 4. The molecule has 0 spiro atoms. The molecule has 2 aromatic heterocycles. The maximum atomic E-state index is 13.3. The zero-order valence-electron chi connectivity index (χ0n) is 41.8. The Morgan fingerprint density at radius 1 is 0.880 bits per heavy atom. The number of amides is 4. The minimum absolute atomic E-state index is 0.212. The molecule has 1 atom stereocenters. The lowest BCUT2D eigenvalue weighted by Crippen LogP contribution is -2.34. The summed E-state index contributed by atoms with van der Waals surface area (Å²) in [5.41, 5.74) is 5.26. The number of aromatic carboxylic acids is 1. The Bertz CT molecular complexity index is 3150. The van der Waals surface area contributed by atoms with Crippen molar-refractivity contribution in [2.75, 3.05) is 35.4 Å². The normalized spacial score (nSPS) is 13.3. The number of tetrazole rings is 1. The largest absolute Gasteiger partial charge is 0.484 e. The van der Waals surface area contributed by atoms with Crippen LogP contribution in [0.1, 0.15) is 67.2 Å². The van der Waals surface area contributed by atoms with Gasteiger partial charge in [0.15, 0.2) is 18.1 Å². The first-order valence-electron chi connectivity index (χ1n) is 24.0. The highest BCUT2D eigenvalue weighted by atomic mass is 32.2. The number of nitrogens with zero attached hydrogens (tertiary/aromatic N) is 6. The Balaban J connectivity index is 0.849. The summed E-state index contributed by atoms with van der Waals surface area (Å²) in [5.74, 6) is 2.90. The lowest BCUT2D eigenvalue weighted by atomic mass is 9.98. The number of nitrogens with one attached hydrogen (secondary N) is 3. The fourth-order valence-electron chi connectivity index (χ4n) is 7.98. The van der Waals surface area contributed by atoms with Crippen molar-refractivity contribution >= 4 is 75.8 Å². The van der Waals surface area contributed by atoms with E-state index in [1.54, 1.807) is 93.8 Å². The Morgan fingerprint density at radius 3 is 2.25 bits per heavy atom. The number of carboxylic acid groups (broad SMARTS) is 1. The number of carboxylic acids is 1. The van der Waals surface area contributed by atoms with Crippen LogP contribution in [0, 0.1) is 0 Å². The quantitative estimate of drug-likeness (QED) is 0.0365. The Morgan fingerprint density at radius 2 is 1.59 bits per heavy atom. The monoisotopic (exact) mass is 1070 g/mol. The number of rotatable bonds is 22. The highest BCUT2D eigenvalue weighted by Gasteiger charge is 2.31. The first kappa shape index (κ1) is 53.7. The lowest BCUT2D eigenvalue weighted by molar-refractivity contribution is -0.119. The van der Waals surface area contributed by atoms with E-state index in [4.69, 9.17) is 19.2 Å². The molecular formula is C54H55N9O9S3. The van der Waals surface area contributed by atoms with Crippen LogP contribution in [0.15, 0.2) is 120 Å². The predicted octanol–water partition coefficient (Wildman–Crippen LogP) is 10.5. The summed E-state index contributed by atoms with van der Waals surface area (Å²) >= 11 is 4.26. The van der Waals surface area contributed by atoms with Crippen LogP contribution in [0.2, 0.25) is 0 Å². The van der Waals surface area contributed by atoms with Gasteiger partial charge in [-0.3, -0.25) is 24.6 Å². The van der Waals surface area contributed by atoms with Crippen molar-refractivity contribution in [1.82, 2.24) is 35.5 Å². The van der Waals surface area contributed by atoms with Crippen LogP contribution >= 0.6 is 35.3 Å². The summed E-state index contributed by atoms with van der Waals surface area (Å²) in [6.45, 7) is 7.39. The predicted molar refractivity (Wildman–Crippen MR) is 291 cm³/mol. The van der Waals surface area contributed by atoms with E-state index in [0.29, 0.717) is 65.3 Å². The molecule has 18 nitrogen and oxygen atoms in total. The molecule has 0 radical (unpaired) electrons. The van der Waals surface area contributed by atoms with Gasteiger partial charge in [0.2, 0.25) is 5.91 Å². The molecule has 1 aliphatic heterocycles. The summed E-state index contributed by atoms with van der Waals surface area (Å²) < 4.78 is 19.4. The third-order valence-corrected chi connectivity index (χ3v) is 14.7. The number of carbonyl (C=O) groups is 5. The number of hydrogen-bond donors (Lipinski definition) is 4. The second-order valence-electron chi connectivity index (χ2n) is 18.2. The number of imidazole rings is 1. The number of H-pyrrole nitrogens is 1. The minimum Gasteiger partial charge on any atom is -0.484 e. The molecule has 1 saturated heterocycles. The van der Waals surface area contributed by atoms with Crippen LogP contribution in [0.5, 0.6) is 17.2 Å². The number of hydrogen-bond acceptors (Lipinski definition) is 15. The number of anilines is 2. The molecular weight excluding hydrogens is 1010 g/mol. The molecule has 75 heavy (non-hydrogen) atoms. The number of aromatic amines is 1. The van der Waals surface area contributed by atoms with E-state index in [1.165, 1.54) is 4.90 Å². The van der Waals surface area contributed by atoms with Crippen LogP contribution in [0.25, 0.3) is 22.5 Å². The smallest absolute Gasteiger partial charge is 0.414 e. The average molecular weight is 1070 g/mol. The minimum atomic E-state index is -1.01. The highest BCUT2D eigenvalue weighted by molar-refractivity contribution is 8.15. The topological polar surface area (TPSA) is 233 Å². The summed E-state index contributed by atoms with van der Waals surface area (Å²) in [6, 6.07) is 35.4. The van der Waals surface area contributed by atoms with Gasteiger partial charge in [0, 0.05) is 53.8 Å². The number of benzene rings is 5. The summed E-state index contributed by atoms with van der Waals surface area (Å²) in [5, 5.41) is 29.1. The van der Waals surface area contributed by atoms with Gasteiger partial charge in [-0.15, -0.1) is 16.9 Å². The molecule has 1 unspecified atom stereocenters. The Labute approximate surface area is 446 Å². The highest BCUT2D eigenvalue weighted by Crippen LogP contribution is 2.35. The molecule has 5 aromatic carbocycles. The molecule has 0 aliphatic carbocycles. The van der Waals surface area contributed by atoms with Crippen molar-refractivity contribution in [2.24, 2.45) is 0 Å². The van der Waals surface area contributed by atoms with E-state index in [2.05, 4.69) is 38.2 Å². The van der Waals surface area contributed by atoms with Crippen molar-refractivity contribution in [3.05, 3.63) is 144 Å². The second kappa shape index (κ2) is 24.6. The van der Waals surface area contributed by atoms with Crippen molar-refractivity contribution in [3.8, 4) is 39.8 Å². The van der Waals surface area contributed by atoms with Crippen LogP contribution in [0.4, 0.5) is 21.0 Å². The van der Waals surface area contributed by atoms with Crippen LogP contribution in [-0.4, -0.2) is 100 Å². The number of aryl methyl sites for hydroxylation is 1. The SMILES string of the molecule is CCCc1nc(CSCCSc2ccc(Oc3ccc(NC(=O)COc4ccc(CC5SC(=O)NC5=O)cc4)c(N(C)C(=O)OC(C)(C)C)c3)cc2)c(C(=O)O)n1Cc1ccc(-c2ccccc2-c2nnn[nH]2)cc1. The van der Waals surface area contributed by atoms with Crippen LogP contribution in [0.3, 0.4) is 0 Å². The van der Waals surface area contributed by atoms with Gasteiger partial charge in [0.05, 0.1) is 22.3 Å². The van der Waals surface area contributed by atoms with Crippen molar-refractivity contribution < 1.29 is 43.3 Å². The van der Waals surface area contributed by atoms with Crippen molar-refractivity contribution in [3.63, 3.8) is 0 Å². The Hall–Kier alpha value is -7.62. The lowest BCUT2D eigenvalue weighted by Gasteiger charge is -2.26. The van der Waals surface area contributed by atoms with Crippen LogP contribution < -0.4 is 25.0 Å². The molecule has 1 fully saturated rings. The molecule has 4 amide bonds. The van der Waals surface area contributed by atoms with Gasteiger partial charge in [0.1, 0.15) is 28.7 Å². The fraction of sp³-hybridized carbons (Fsp3) is 0.278. The summed E-state index contributed by atoms with van der Waals surface area (Å²) in [6.07, 6.45) is 1.21. The van der Waals surface area contributed by atoms with Crippen molar-refractivity contribution in [2.45, 2.75) is 75.0 Å². The number of aromatic nitrogens is 6.